The Morgan fingerprint density at radius 3 is 2.63 bits per heavy atom. The van der Waals surface area contributed by atoms with E-state index in [1.54, 1.807) is 18.2 Å². The highest BCUT2D eigenvalue weighted by Crippen LogP contribution is 2.28. The van der Waals surface area contributed by atoms with Gasteiger partial charge in [-0.1, -0.05) is 42.1 Å². The Kier molecular flexibility index (Phi) is 6.04. The molecule has 2 heterocycles. The van der Waals surface area contributed by atoms with E-state index in [0.29, 0.717) is 11.6 Å². The monoisotopic (exact) mass is 422 g/mol. The summed E-state index contributed by atoms with van der Waals surface area (Å²) in [6.45, 7) is 0.711. The molecule has 6 nitrogen and oxygen atoms in total. The predicted molar refractivity (Wildman–Crippen MR) is 114 cm³/mol. The summed E-state index contributed by atoms with van der Waals surface area (Å²) in [7, 11) is 0. The molecule has 0 fully saturated rings. The number of para-hydroxylation sites is 1. The van der Waals surface area contributed by atoms with Crippen LogP contribution in [0.2, 0.25) is 0 Å². The highest BCUT2D eigenvalue weighted by Gasteiger charge is 2.22. The van der Waals surface area contributed by atoms with Gasteiger partial charge in [0.2, 0.25) is 5.91 Å². The maximum Gasteiger partial charge on any atom is 0.259 e. The van der Waals surface area contributed by atoms with E-state index in [0.717, 1.165) is 18.5 Å². The molecule has 1 aromatic heterocycles. The van der Waals surface area contributed by atoms with E-state index in [9.17, 15) is 14.0 Å². The van der Waals surface area contributed by atoms with Crippen molar-refractivity contribution in [1.82, 2.24) is 10.2 Å². The number of amides is 2. The summed E-state index contributed by atoms with van der Waals surface area (Å²) >= 11 is 1.29. The zero-order chi connectivity index (χ0) is 20.9. The molecule has 3 aromatic rings. The van der Waals surface area contributed by atoms with Crippen LogP contribution in [0.15, 0.2) is 65.7 Å². The Morgan fingerprint density at radius 2 is 1.83 bits per heavy atom. The fraction of sp³-hybridized carbons (Fsp3) is 0.182. The number of carbonyl (C=O) groups excluding carboxylic acids is 2. The fourth-order valence-corrected chi connectivity index (χ4v) is 3.99. The average molecular weight is 422 g/mol. The second kappa shape index (κ2) is 9.04. The van der Waals surface area contributed by atoms with Crippen molar-refractivity contribution in [2.45, 2.75) is 17.9 Å². The lowest BCUT2D eigenvalue weighted by atomic mass is 10.0. The van der Waals surface area contributed by atoms with Crippen molar-refractivity contribution >= 4 is 35.1 Å². The molecule has 30 heavy (non-hydrogen) atoms. The largest absolute Gasteiger partial charge is 0.311 e. The molecule has 152 valence electrons. The van der Waals surface area contributed by atoms with Crippen molar-refractivity contribution in [3.05, 3.63) is 77.6 Å². The standard InChI is InChI=1S/C22H19FN4O2S/c23-17-9-3-2-8-16(17)22(29)24-19-11-12-20(26-25-19)30-14-21(28)27-13-5-7-15-6-1-4-10-18(15)27/h1-4,6,8-12H,5,7,13-14H2,(H,24,25,29). The summed E-state index contributed by atoms with van der Waals surface area (Å²) in [6, 6.07) is 16.9. The molecule has 0 atom stereocenters. The normalized spacial score (nSPS) is 12.9. The molecule has 0 unspecified atom stereocenters. The lowest BCUT2D eigenvalue weighted by Crippen LogP contribution is -2.36. The summed E-state index contributed by atoms with van der Waals surface area (Å²) in [4.78, 5) is 26.7. The number of carbonyl (C=O) groups is 2. The summed E-state index contributed by atoms with van der Waals surface area (Å²) in [5.41, 5.74) is 2.11. The lowest BCUT2D eigenvalue weighted by Gasteiger charge is -2.29. The van der Waals surface area contributed by atoms with Crippen molar-refractivity contribution in [2.75, 3.05) is 22.5 Å². The van der Waals surface area contributed by atoms with Gasteiger partial charge in [0.25, 0.3) is 5.91 Å². The van der Waals surface area contributed by atoms with E-state index in [2.05, 4.69) is 21.6 Å². The molecule has 0 aliphatic carbocycles. The topological polar surface area (TPSA) is 75.2 Å². The minimum absolute atomic E-state index is 0.0193. The summed E-state index contributed by atoms with van der Waals surface area (Å²) < 4.78 is 13.7. The zero-order valence-electron chi connectivity index (χ0n) is 16.0. The number of aromatic nitrogens is 2. The minimum Gasteiger partial charge on any atom is -0.311 e. The van der Waals surface area contributed by atoms with Gasteiger partial charge in [-0.3, -0.25) is 9.59 Å². The molecular formula is C22H19FN4O2S. The number of hydrogen-bond donors (Lipinski definition) is 1. The Hall–Kier alpha value is -3.26. The number of benzene rings is 2. The van der Waals surface area contributed by atoms with Crippen LogP contribution in [0.1, 0.15) is 22.3 Å². The Bertz CT molecular complexity index is 1070. The smallest absolute Gasteiger partial charge is 0.259 e. The third kappa shape index (κ3) is 4.49. The van der Waals surface area contributed by atoms with Crippen LogP contribution >= 0.6 is 11.8 Å². The van der Waals surface area contributed by atoms with Gasteiger partial charge in [0.1, 0.15) is 10.8 Å². The van der Waals surface area contributed by atoms with Gasteiger partial charge in [-0.05, 0) is 48.7 Å². The number of thioether (sulfide) groups is 1. The van der Waals surface area contributed by atoms with Gasteiger partial charge in [-0.15, -0.1) is 10.2 Å². The van der Waals surface area contributed by atoms with E-state index in [4.69, 9.17) is 0 Å². The van der Waals surface area contributed by atoms with Gasteiger partial charge in [0, 0.05) is 12.2 Å². The molecule has 0 saturated carbocycles. The summed E-state index contributed by atoms with van der Waals surface area (Å²) in [5.74, 6) is -0.728. The number of hydrogen-bond acceptors (Lipinski definition) is 5. The molecule has 1 aliphatic rings. The third-order valence-corrected chi connectivity index (χ3v) is 5.66. The van der Waals surface area contributed by atoms with E-state index < -0.39 is 11.7 Å². The molecule has 4 rings (SSSR count). The fourth-order valence-electron chi connectivity index (χ4n) is 3.30. The van der Waals surface area contributed by atoms with Crippen molar-refractivity contribution in [3.63, 3.8) is 0 Å². The maximum atomic E-state index is 13.7. The van der Waals surface area contributed by atoms with Crippen molar-refractivity contribution in [2.24, 2.45) is 0 Å². The van der Waals surface area contributed by atoms with Crippen LogP contribution in [-0.4, -0.2) is 34.3 Å². The van der Waals surface area contributed by atoms with Crippen LogP contribution < -0.4 is 10.2 Å². The highest BCUT2D eigenvalue weighted by atomic mass is 32.2. The van der Waals surface area contributed by atoms with Crippen LogP contribution in [0.4, 0.5) is 15.9 Å². The second-order valence-corrected chi connectivity index (χ2v) is 7.75. The molecule has 2 aromatic carbocycles. The second-order valence-electron chi connectivity index (χ2n) is 6.76. The summed E-state index contributed by atoms with van der Waals surface area (Å²) in [5, 5.41) is 11.1. The first-order valence-corrected chi connectivity index (χ1v) is 10.5. The molecule has 2 amide bonds. The van der Waals surface area contributed by atoms with Crippen molar-refractivity contribution in [3.8, 4) is 0 Å². The molecule has 8 heteroatoms. The first-order chi connectivity index (χ1) is 14.6. The number of rotatable bonds is 5. The molecule has 0 bridgehead atoms. The first kappa shape index (κ1) is 20.0. The SMILES string of the molecule is O=C(Nc1ccc(SCC(=O)N2CCCc3ccccc32)nn1)c1ccccc1F. The quantitative estimate of drug-likeness (QED) is 0.631. The summed E-state index contributed by atoms with van der Waals surface area (Å²) in [6.07, 6.45) is 1.93. The van der Waals surface area contributed by atoms with Gasteiger partial charge >= 0.3 is 0 Å². The van der Waals surface area contributed by atoms with Crippen LogP contribution in [0.25, 0.3) is 0 Å². The van der Waals surface area contributed by atoms with E-state index in [-0.39, 0.29) is 23.0 Å². The van der Waals surface area contributed by atoms with Crippen LogP contribution in [0, 0.1) is 5.82 Å². The zero-order valence-corrected chi connectivity index (χ0v) is 16.9. The Morgan fingerprint density at radius 1 is 1.03 bits per heavy atom. The van der Waals surface area contributed by atoms with Gasteiger partial charge in [-0.2, -0.15) is 0 Å². The molecule has 0 radical (unpaired) electrons. The Balaban J connectivity index is 1.35. The van der Waals surface area contributed by atoms with E-state index in [1.807, 2.05) is 23.1 Å². The van der Waals surface area contributed by atoms with Gasteiger partial charge in [0.05, 0.1) is 11.3 Å². The number of aryl methyl sites for hydroxylation is 1. The molecule has 1 aliphatic heterocycles. The van der Waals surface area contributed by atoms with E-state index in [1.165, 1.54) is 35.5 Å². The lowest BCUT2D eigenvalue weighted by molar-refractivity contribution is -0.116. The number of fused-ring (bicyclic) bond motifs is 1. The minimum atomic E-state index is -0.604. The molecular weight excluding hydrogens is 403 g/mol. The third-order valence-electron chi connectivity index (χ3n) is 4.75. The van der Waals surface area contributed by atoms with Gasteiger partial charge in [-0.25, -0.2) is 4.39 Å². The molecule has 0 saturated heterocycles. The maximum absolute atomic E-state index is 13.7. The number of halogens is 1. The number of nitrogens with zero attached hydrogens (tertiary/aromatic N) is 3. The molecule has 1 N–H and O–H groups in total. The van der Waals surface area contributed by atoms with E-state index >= 15 is 0 Å². The van der Waals surface area contributed by atoms with Crippen LogP contribution in [0.3, 0.4) is 0 Å². The van der Waals surface area contributed by atoms with Crippen molar-refractivity contribution < 1.29 is 14.0 Å². The highest BCUT2D eigenvalue weighted by molar-refractivity contribution is 7.99. The van der Waals surface area contributed by atoms with Gasteiger partial charge in [0.15, 0.2) is 5.82 Å². The predicted octanol–water partition coefficient (Wildman–Crippen LogP) is 3.94. The van der Waals surface area contributed by atoms with Crippen LogP contribution in [-0.2, 0) is 11.2 Å². The first-order valence-electron chi connectivity index (χ1n) is 9.52. The van der Waals surface area contributed by atoms with Crippen LogP contribution in [0.5, 0.6) is 0 Å². The number of nitrogens with one attached hydrogen (secondary N) is 1. The average Bonchev–Trinajstić information content (AvgIpc) is 2.78. The Labute approximate surface area is 177 Å². The number of anilines is 2. The van der Waals surface area contributed by atoms with Gasteiger partial charge < -0.3 is 10.2 Å². The van der Waals surface area contributed by atoms with Crippen molar-refractivity contribution in [1.29, 1.82) is 0 Å². The molecule has 0 spiro atoms.